The van der Waals surface area contributed by atoms with E-state index in [0.717, 1.165) is 56.4 Å². The molecule has 3 aliphatic rings. The topological polar surface area (TPSA) is 22.9 Å². The molecular formula is C72H70BN3OSi. The van der Waals surface area contributed by atoms with E-state index in [1.165, 1.54) is 65.3 Å². The highest BCUT2D eigenvalue weighted by atomic mass is 28.3. The van der Waals surface area contributed by atoms with Gasteiger partial charge >= 0.3 is 0 Å². The van der Waals surface area contributed by atoms with Crippen LogP contribution < -0.4 is 52.0 Å². The minimum atomic E-state index is -2.91. The third-order valence-corrected chi connectivity index (χ3v) is 22.0. The van der Waals surface area contributed by atoms with Crippen molar-refractivity contribution in [2.75, 3.05) is 14.7 Å². The zero-order valence-electron chi connectivity index (χ0n) is 47.5. The number of furan rings is 1. The molecular weight excluding hydrogens is 962 g/mol. The van der Waals surface area contributed by atoms with Gasteiger partial charge < -0.3 is 19.1 Å². The average Bonchev–Trinajstić information content (AvgIpc) is 2.81. The molecule has 0 fully saturated rings. The predicted octanol–water partition coefficient (Wildman–Crippen LogP) is 14.9. The van der Waals surface area contributed by atoms with Crippen molar-refractivity contribution in [3.63, 3.8) is 0 Å². The van der Waals surface area contributed by atoms with Gasteiger partial charge in [0, 0.05) is 45.2 Å². The average molecular weight is 1030 g/mol. The summed E-state index contributed by atoms with van der Waals surface area (Å²) in [5.74, 6) is 0. The van der Waals surface area contributed by atoms with Crippen LogP contribution in [0.1, 0.15) is 105 Å². The molecule has 0 atom stereocenters. The van der Waals surface area contributed by atoms with Crippen molar-refractivity contribution in [3.8, 4) is 0 Å². The lowest BCUT2D eigenvalue weighted by molar-refractivity contribution is 0.590. The van der Waals surface area contributed by atoms with E-state index in [2.05, 4.69) is 304 Å². The van der Waals surface area contributed by atoms with Crippen molar-refractivity contribution in [2.45, 2.75) is 105 Å². The molecule has 13 rings (SSSR count). The Morgan fingerprint density at radius 3 is 1.29 bits per heavy atom. The summed E-state index contributed by atoms with van der Waals surface area (Å²) in [5, 5.41) is 6.60. The second-order valence-corrected chi connectivity index (χ2v) is 30.0. The van der Waals surface area contributed by atoms with Gasteiger partial charge in [-0.05, 0) is 142 Å². The third-order valence-electron chi connectivity index (χ3n) is 17.1. The van der Waals surface area contributed by atoms with Gasteiger partial charge in [-0.15, -0.1) is 0 Å². The summed E-state index contributed by atoms with van der Waals surface area (Å²) in [4.78, 5) is 7.72. The number of para-hydroxylation sites is 2. The van der Waals surface area contributed by atoms with Gasteiger partial charge in [-0.25, -0.2) is 0 Å². The van der Waals surface area contributed by atoms with E-state index in [0.29, 0.717) is 0 Å². The van der Waals surface area contributed by atoms with Crippen LogP contribution in [0.2, 0.25) is 0 Å². The smallest absolute Gasteiger partial charge is 0.297 e. The largest absolute Gasteiger partial charge is 0.468 e. The highest BCUT2D eigenvalue weighted by Crippen LogP contribution is 2.51. The molecule has 3 aliphatic heterocycles. The number of benzene rings is 9. The number of anilines is 9. The van der Waals surface area contributed by atoms with Crippen molar-refractivity contribution in [1.29, 1.82) is 0 Å². The van der Waals surface area contributed by atoms with Crippen LogP contribution in [0.15, 0.2) is 211 Å². The second-order valence-electron chi connectivity index (χ2n) is 26.2. The molecule has 0 N–H and O–H groups in total. The summed E-state index contributed by atoms with van der Waals surface area (Å²) in [6.45, 7) is 27.5. The van der Waals surface area contributed by atoms with Crippen molar-refractivity contribution in [3.05, 3.63) is 229 Å². The van der Waals surface area contributed by atoms with Crippen molar-refractivity contribution in [2.24, 2.45) is 0 Å². The maximum absolute atomic E-state index is 7.49. The summed E-state index contributed by atoms with van der Waals surface area (Å²) in [6, 6.07) is 79.2. The summed E-state index contributed by atoms with van der Waals surface area (Å²) < 4.78 is 7.49. The van der Waals surface area contributed by atoms with E-state index in [9.17, 15) is 0 Å². The van der Waals surface area contributed by atoms with Gasteiger partial charge in [0.25, 0.3) is 6.71 Å². The molecule has 0 unspecified atom stereocenters. The molecule has 0 radical (unpaired) electrons. The summed E-state index contributed by atoms with van der Waals surface area (Å²) in [5.41, 5.74) is 19.6. The van der Waals surface area contributed by atoms with Gasteiger partial charge in [-0.1, -0.05) is 223 Å². The Morgan fingerprint density at radius 2 is 0.782 bits per heavy atom. The van der Waals surface area contributed by atoms with Crippen LogP contribution in [0.25, 0.3) is 11.0 Å². The van der Waals surface area contributed by atoms with Crippen LogP contribution in [0.3, 0.4) is 0 Å². The third kappa shape index (κ3) is 7.68. The Kier molecular flexibility index (Phi) is 11.2. The normalized spacial score (nSPS) is 14.7. The van der Waals surface area contributed by atoms with Gasteiger partial charge in [-0.3, -0.25) is 0 Å². The molecule has 9 aromatic carbocycles. The quantitative estimate of drug-likeness (QED) is 0.160. The first-order valence-corrected chi connectivity index (χ1v) is 30.0. The fourth-order valence-corrected chi connectivity index (χ4v) is 18.1. The van der Waals surface area contributed by atoms with E-state index in [1.54, 1.807) is 0 Å². The Bertz CT molecular complexity index is 3870. The van der Waals surface area contributed by atoms with Crippen LogP contribution in [-0.2, 0) is 21.7 Å². The molecule has 0 saturated carbocycles. The maximum Gasteiger partial charge on any atom is 0.297 e. The Labute approximate surface area is 464 Å². The molecule has 0 aliphatic carbocycles. The van der Waals surface area contributed by atoms with Crippen LogP contribution in [-0.4, -0.2) is 14.8 Å². The lowest BCUT2D eigenvalue weighted by Crippen LogP contribution is -2.77. The molecule has 1 aromatic heterocycles. The van der Waals surface area contributed by atoms with E-state index in [-0.39, 0.29) is 28.4 Å². The standard InChI is InChI=1S/C72H70BN3OSi/c1-69(2,3)47-31-37-51(38-32-47)74-58-41-35-50(72(10,11)12)44-57(58)73-66-61(74)45-53(46-62(66)76(52-39-33-48(34-40-52)70(4,5)6)67-56-43-49(71(7,8)9)36-42-63(56)77-68(67)73)75-59-27-19-21-29-64(59)78(54-23-15-13-16-24-54,55-25-17-14-18-26-55)65-30-22-20-28-60(65)75/h13-46H,1-12H3. The van der Waals surface area contributed by atoms with Crippen LogP contribution in [0.4, 0.5) is 51.2 Å². The lowest BCUT2D eigenvalue weighted by Gasteiger charge is -2.46. The molecule has 0 bridgehead atoms. The molecule has 4 nitrogen and oxygen atoms in total. The number of fused-ring (bicyclic) bond motifs is 8. The zero-order chi connectivity index (χ0) is 54.3. The minimum absolute atomic E-state index is 0.00914. The molecule has 0 saturated heterocycles. The maximum atomic E-state index is 7.49. The van der Waals surface area contributed by atoms with Gasteiger partial charge in [0.15, 0.2) is 8.07 Å². The van der Waals surface area contributed by atoms with E-state index < -0.39 is 8.07 Å². The fourth-order valence-electron chi connectivity index (χ4n) is 13.0. The van der Waals surface area contributed by atoms with Crippen LogP contribution in [0.5, 0.6) is 0 Å². The highest BCUT2D eigenvalue weighted by molar-refractivity contribution is 7.21. The minimum Gasteiger partial charge on any atom is -0.468 e. The van der Waals surface area contributed by atoms with E-state index in [4.69, 9.17) is 4.42 Å². The fraction of sp³-hybridized carbons (Fsp3) is 0.222. The highest BCUT2D eigenvalue weighted by Gasteiger charge is 2.51. The molecule has 78 heavy (non-hydrogen) atoms. The van der Waals surface area contributed by atoms with Gasteiger partial charge in [0.05, 0.1) is 17.0 Å². The summed E-state index contributed by atoms with van der Waals surface area (Å²) in [6.07, 6.45) is 0. The van der Waals surface area contributed by atoms with Crippen molar-refractivity contribution >= 4 is 114 Å². The van der Waals surface area contributed by atoms with E-state index in [1.807, 2.05) is 0 Å². The van der Waals surface area contributed by atoms with Crippen LogP contribution >= 0.6 is 0 Å². The summed E-state index contributed by atoms with van der Waals surface area (Å²) in [7, 11) is -2.91. The SMILES string of the molecule is CC(C)(C)c1ccc(N2c3ccc(C(C)(C)C)cc3B3c4oc5ccc(C(C)(C)C)cc5c4N(c4ccc(C(C)(C)C)cc4)c4cc(N5c6ccccc6[Si](c6ccccc6)(c6ccccc6)c6ccccc65)cc2c43)cc1. The first-order chi connectivity index (χ1) is 37.2. The monoisotopic (exact) mass is 1030 g/mol. The Balaban J connectivity index is 1.18. The number of rotatable bonds is 5. The molecule has 6 heteroatoms. The molecule has 0 spiro atoms. The van der Waals surface area contributed by atoms with Gasteiger partial charge in [0.1, 0.15) is 5.58 Å². The Morgan fingerprint density at radius 1 is 0.359 bits per heavy atom. The zero-order valence-corrected chi connectivity index (χ0v) is 48.5. The molecule has 386 valence electrons. The van der Waals surface area contributed by atoms with Crippen molar-refractivity contribution in [1.82, 2.24) is 0 Å². The van der Waals surface area contributed by atoms with Gasteiger partial charge in [-0.2, -0.15) is 0 Å². The number of hydrogen-bond donors (Lipinski definition) is 0. The summed E-state index contributed by atoms with van der Waals surface area (Å²) >= 11 is 0. The predicted molar refractivity (Wildman–Crippen MR) is 337 cm³/mol. The molecule has 10 aromatic rings. The Hall–Kier alpha value is -7.80. The second kappa shape index (κ2) is 17.6. The van der Waals surface area contributed by atoms with Crippen molar-refractivity contribution < 1.29 is 4.42 Å². The number of nitrogens with zero attached hydrogens (tertiary/aromatic N) is 3. The molecule has 4 heterocycles. The first kappa shape index (κ1) is 49.8. The molecule has 0 amide bonds. The van der Waals surface area contributed by atoms with Crippen LogP contribution in [0, 0.1) is 0 Å². The number of hydrogen-bond acceptors (Lipinski definition) is 4. The first-order valence-electron chi connectivity index (χ1n) is 28.0. The van der Waals surface area contributed by atoms with Gasteiger partial charge in [0.2, 0.25) is 0 Å². The lowest BCUT2D eigenvalue weighted by atomic mass is 9.35. The van der Waals surface area contributed by atoms with E-state index >= 15 is 0 Å².